The molecule has 3 aromatic heterocycles. The van der Waals surface area contributed by atoms with E-state index in [1.54, 1.807) is 17.1 Å². The number of rotatable bonds is 8. The molecule has 1 aliphatic carbocycles. The van der Waals surface area contributed by atoms with Crippen LogP contribution in [0, 0.1) is 12.8 Å². The van der Waals surface area contributed by atoms with Crippen molar-refractivity contribution in [1.29, 1.82) is 0 Å². The molecule has 4 rings (SSSR count). The zero-order valence-corrected chi connectivity index (χ0v) is 17.2. The number of fused-ring (bicyclic) bond motifs is 1. The highest BCUT2D eigenvalue weighted by atomic mass is 16.4. The number of carboxylic acid groups (broad SMARTS) is 1. The fourth-order valence-electron chi connectivity index (χ4n) is 4.22. The van der Waals surface area contributed by atoms with Gasteiger partial charge in [0, 0.05) is 36.0 Å². The Morgan fingerprint density at radius 2 is 2.10 bits per heavy atom. The number of pyridine rings is 1. The smallest absolute Gasteiger partial charge is 0.305 e. The first-order valence-electron chi connectivity index (χ1n) is 10.6. The molecule has 0 radical (unpaired) electrons. The van der Waals surface area contributed by atoms with E-state index in [1.165, 1.54) is 17.7 Å². The van der Waals surface area contributed by atoms with Crippen molar-refractivity contribution in [2.75, 3.05) is 0 Å². The maximum atomic E-state index is 11.4. The summed E-state index contributed by atoms with van der Waals surface area (Å²) in [6.45, 7) is 1.81. The van der Waals surface area contributed by atoms with Crippen LogP contribution in [-0.4, -0.2) is 35.8 Å². The summed E-state index contributed by atoms with van der Waals surface area (Å²) in [5, 5.41) is 14.0. The molecule has 3 aromatic rings. The first-order valence-corrected chi connectivity index (χ1v) is 10.6. The lowest BCUT2D eigenvalue weighted by molar-refractivity contribution is -0.137. The van der Waals surface area contributed by atoms with Crippen LogP contribution in [0.4, 0.5) is 0 Å². The van der Waals surface area contributed by atoms with Gasteiger partial charge in [-0.3, -0.25) is 14.5 Å². The molecule has 0 aliphatic heterocycles. The van der Waals surface area contributed by atoms with Gasteiger partial charge in [0.1, 0.15) is 5.82 Å². The Kier molecular flexibility index (Phi) is 6.16. The average molecular weight is 406 g/mol. The van der Waals surface area contributed by atoms with Gasteiger partial charge in [-0.25, -0.2) is 9.97 Å². The molecule has 156 valence electrons. The van der Waals surface area contributed by atoms with E-state index >= 15 is 0 Å². The van der Waals surface area contributed by atoms with Gasteiger partial charge in [-0.05, 0) is 69.1 Å². The molecule has 7 nitrogen and oxygen atoms in total. The summed E-state index contributed by atoms with van der Waals surface area (Å²) in [7, 11) is 0. The van der Waals surface area contributed by atoms with E-state index in [1.807, 2.05) is 31.5 Å². The van der Waals surface area contributed by atoms with Crippen LogP contribution >= 0.6 is 0 Å². The predicted octanol–water partition coefficient (Wildman–Crippen LogP) is 3.57. The second kappa shape index (κ2) is 9.15. The summed E-state index contributed by atoms with van der Waals surface area (Å²) in [5.41, 5.74) is 4.41. The number of hydrogen-bond donors (Lipinski definition) is 1. The molecule has 0 unspecified atom stereocenters. The number of carboxylic acids is 1. The Balaban J connectivity index is 1.36. The zero-order chi connectivity index (χ0) is 20.9. The van der Waals surface area contributed by atoms with Crippen LogP contribution in [0.5, 0.6) is 0 Å². The summed E-state index contributed by atoms with van der Waals surface area (Å²) >= 11 is 0. The molecule has 0 spiro atoms. The Labute approximate surface area is 176 Å². The molecular weight excluding hydrogens is 378 g/mol. The maximum Gasteiger partial charge on any atom is 0.305 e. The fraction of sp³-hybridized carbons (Fsp3) is 0.435. The second-order valence-corrected chi connectivity index (χ2v) is 8.07. The van der Waals surface area contributed by atoms with Gasteiger partial charge in [0.05, 0.1) is 18.2 Å². The highest BCUT2D eigenvalue weighted by molar-refractivity contribution is 5.67. The van der Waals surface area contributed by atoms with E-state index < -0.39 is 12.0 Å². The van der Waals surface area contributed by atoms with Crippen molar-refractivity contribution in [2.45, 2.75) is 57.9 Å². The van der Waals surface area contributed by atoms with Gasteiger partial charge >= 0.3 is 5.97 Å². The van der Waals surface area contributed by atoms with Gasteiger partial charge < -0.3 is 5.11 Å². The predicted molar refractivity (Wildman–Crippen MR) is 112 cm³/mol. The van der Waals surface area contributed by atoms with Crippen molar-refractivity contribution in [3.05, 3.63) is 71.3 Å². The third kappa shape index (κ3) is 4.90. The number of carbonyl (C=O) groups is 1. The molecule has 0 amide bonds. The maximum absolute atomic E-state index is 11.4. The van der Waals surface area contributed by atoms with Crippen LogP contribution < -0.4 is 0 Å². The topological polar surface area (TPSA) is 93.8 Å². The highest BCUT2D eigenvalue weighted by Gasteiger charge is 2.21. The average Bonchev–Trinajstić information content (AvgIpc) is 3.21. The van der Waals surface area contributed by atoms with Crippen LogP contribution in [0.15, 0.2) is 43.0 Å². The molecule has 2 atom stereocenters. The highest BCUT2D eigenvalue weighted by Crippen LogP contribution is 2.27. The molecule has 0 saturated heterocycles. The van der Waals surface area contributed by atoms with E-state index in [2.05, 4.69) is 26.1 Å². The SMILES string of the molecule is Cc1ncc([C@H](CC(=O)O)n2ccc(CCC[C@H]3CCc4cccnc4C3)n2)cn1. The molecule has 1 N–H and O–H groups in total. The van der Waals surface area contributed by atoms with Gasteiger partial charge in [-0.15, -0.1) is 0 Å². The monoisotopic (exact) mass is 405 g/mol. The third-order valence-electron chi connectivity index (χ3n) is 5.87. The standard InChI is InChI=1S/C23H27N5O2/c1-16-25-14-19(15-26-16)22(13-23(29)30)28-11-9-20(27-28)6-2-4-17-7-8-18-5-3-10-24-21(18)12-17/h3,5,9-11,14-15,17,22H,2,4,6-8,12-13H2,1H3,(H,29,30)/t17-,22-/m0/s1. The van der Waals surface area contributed by atoms with Gasteiger partial charge in [0.2, 0.25) is 0 Å². The Hall–Kier alpha value is -3.09. The van der Waals surface area contributed by atoms with Crippen molar-refractivity contribution in [3.63, 3.8) is 0 Å². The largest absolute Gasteiger partial charge is 0.481 e. The van der Waals surface area contributed by atoms with Crippen molar-refractivity contribution in [1.82, 2.24) is 24.7 Å². The molecule has 3 heterocycles. The molecule has 0 bridgehead atoms. The number of aryl methyl sites for hydroxylation is 3. The number of aliphatic carboxylic acids is 1. The van der Waals surface area contributed by atoms with E-state index in [0.29, 0.717) is 11.7 Å². The molecule has 30 heavy (non-hydrogen) atoms. The summed E-state index contributed by atoms with van der Waals surface area (Å²) < 4.78 is 1.73. The summed E-state index contributed by atoms with van der Waals surface area (Å²) in [6.07, 6.45) is 13.6. The van der Waals surface area contributed by atoms with Crippen LogP contribution in [0.3, 0.4) is 0 Å². The minimum atomic E-state index is -0.871. The number of aromatic nitrogens is 5. The lowest BCUT2D eigenvalue weighted by atomic mass is 9.84. The summed E-state index contributed by atoms with van der Waals surface area (Å²) in [5.74, 6) is 0.470. The van der Waals surface area contributed by atoms with Crippen molar-refractivity contribution in [3.8, 4) is 0 Å². The van der Waals surface area contributed by atoms with Crippen LogP contribution in [0.1, 0.15) is 60.1 Å². The Morgan fingerprint density at radius 1 is 1.27 bits per heavy atom. The third-order valence-corrected chi connectivity index (χ3v) is 5.87. The lowest BCUT2D eigenvalue weighted by Crippen LogP contribution is -2.17. The van der Waals surface area contributed by atoms with Gasteiger partial charge in [-0.1, -0.05) is 6.07 Å². The quantitative estimate of drug-likeness (QED) is 0.616. The molecule has 0 fully saturated rings. The van der Waals surface area contributed by atoms with Crippen molar-refractivity contribution >= 4 is 5.97 Å². The molecule has 7 heteroatoms. The summed E-state index contributed by atoms with van der Waals surface area (Å²) in [6, 6.07) is 5.80. The minimum Gasteiger partial charge on any atom is -0.481 e. The molecule has 1 aliphatic rings. The first kappa shape index (κ1) is 20.2. The number of hydrogen-bond acceptors (Lipinski definition) is 5. The molecule has 0 aromatic carbocycles. The molecular formula is C23H27N5O2. The zero-order valence-electron chi connectivity index (χ0n) is 17.2. The van der Waals surface area contributed by atoms with E-state index in [0.717, 1.165) is 43.4 Å². The van der Waals surface area contributed by atoms with Crippen molar-refractivity contribution < 1.29 is 9.90 Å². The minimum absolute atomic E-state index is 0.0535. The lowest BCUT2D eigenvalue weighted by Gasteiger charge is -2.23. The van der Waals surface area contributed by atoms with Gasteiger partial charge in [-0.2, -0.15) is 5.10 Å². The Morgan fingerprint density at radius 3 is 2.90 bits per heavy atom. The van der Waals surface area contributed by atoms with Crippen LogP contribution in [0.2, 0.25) is 0 Å². The number of nitrogens with zero attached hydrogens (tertiary/aromatic N) is 5. The second-order valence-electron chi connectivity index (χ2n) is 8.07. The van der Waals surface area contributed by atoms with Gasteiger partial charge in [0.25, 0.3) is 0 Å². The van der Waals surface area contributed by atoms with Crippen molar-refractivity contribution in [2.24, 2.45) is 5.92 Å². The fourth-order valence-corrected chi connectivity index (χ4v) is 4.22. The summed E-state index contributed by atoms with van der Waals surface area (Å²) in [4.78, 5) is 24.3. The van der Waals surface area contributed by atoms with E-state index in [-0.39, 0.29) is 6.42 Å². The van der Waals surface area contributed by atoms with E-state index in [4.69, 9.17) is 0 Å². The molecule has 0 saturated carbocycles. The Bertz CT molecular complexity index is 999. The van der Waals surface area contributed by atoms with Gasteiger partial charge in [0.15, 0.2) is 0 Å². The van der Waals surface area contributed by atoms with Crippen LogP contribution in [-0.2, 0) is 24.1 Å². The first-order chi connectivity index (χ1) is 14.6. The normalized spacial score (nSPS) is 16.8. The van der Waals surface area contributed by atoms with E-state index in [9.17, 15) is 9.90 Å². The van der Waals surface area contributed by atoms with Crippen LogP contribution in [0.25, 0.3) is 0 Å².